The van der Waals surface area contributed by atoms with Crippen LogP contribution in [0.25, 0.3) is 22.2 Å². The second kappa shape index (κ2) is 10.1. The minimum Gasteiger partial charge on any atom is -0.378 e. The molecular weight excluding hydrogens is 606 g/mol. The predicted molar refractivity (Wildman–Crippen MR) is 150 cm³/mol. The molecular formula is C24H21Cl2IN4O2S. The summed E-state index contributed by atoms with van der Waals surface area (Å²) in [5, 5.41) is 1.99. The second-order valence-electron chi connectivity index (χ2n) is 8.11. The molecule has 0 saturated carbocycles. The van der Waals surface area contributed by atoms with E-state index in [0.29, 0.717) is 23.3 Å². The van der Waals surface area contributed by atoms with Crippen molar-refractivity contribution < 1.29 is 4.74 Å². The Morgan fingerprint density at radius 1 is 1.12 bits per heavy atom. The molecule has 1 fully saturated rings. The van der Waals surface area contributed by atoms with E-state index in [1.165, 1.54) is 0 Å². The summed E-state index contributed by atoms with van der Waals surface area (Å²) in [7, 11) is 1.55. The first-order chi connectivity index (χ1) is 16.5. The first-order valence-electron chi connectivity index (χ1n) is 10.8. The molecule has 1 atom stereocenters. The fourth-order valence-corrected chi connectivity index (χ4v) is 5.82. The van der Waals surface area contributed by atoms with Gasteiger partial charge in [0.05, 0.1) is 41.2 Å². The molecule has 34 heavy (non-hydrogen) atoms. The summed E-state index contributed by atoms with van der Waals surface area (Å²) in [5.41, 5.74) is 4.61. The van der Waals surface area contributed by atoms with Gasteiger partial charge in [0, 0.05) is 72.8 Å². The van der Waals surface area contributed by atoms with Gasteiger partial charge in [0.15, 0.2) is 5.65 Å². The summed E-state index contributed by atoms with van der Waals surface area (Å²) in [6.45, 7) is 5.08. The van der Waals surface area contributed by atoms with Gasteiger partial charge in [-0.05, 0) is 42.3 Å². The van der Waals surface area contributed by atoms with E-state index in [-0.39, 0.29) is 11.6 Å². The molecule has 3 aromatic heterocycles. The smallest absolute Gasteiger partial charge is 0.251 e. The molecule has 4 aromatic rings. The van der Waals surface area contributed by atoms with Crippen molar-refractivity contribution in [3.8, 4) is 11.1 Å². The molecule has 1 aliphatic rings. The zero-order valence-electron chi connectivity index (χ0n) is 18.2. The van der Waals surface area contributed by atoms with Crippen molar-refractivity contribution in [1.29, 1.82) is 0 Å². The molecule has 6 nitrogen and oxygen atoms in total. The molecule has 5 rings (SSSR count). The van der Waals surface area contributed by atoms with E-state index in [0.717, 1.165) is 46.5 Å². The number of benzene rings is 1. The number of rotatable bonds is 5. The molecule has 0 radical (unpaired) electrons. The molecule has 0 bridgehead atoms. The van der Waals surface area contributed by atoms with Crippen LogP contribution in [-0.2, 0) is 4.74 Å². The van der Waals surface area contributed by atoms with Gasteiger partial charge >= 0.3 is 0 Å². The van der Waals surface area contributed by atoms with Crippen molar-refractivity contribution >= 4 is 70.2 Å². The van der Waals surface area contributed by atoms with Crippen LogP contribution in [0.1, 0.15) is 18.5 Å². The lowest BCUT2D eigenvalue weighted by Gasteiger charge is -2.28. The Kier molecular flexibility index (Phi) is 7.13. The highest BCUT2D eigenvalue weighted by Gasteiger charge is 2.18. The molecule has 1 saturated heterocycles. The maximum atomic E-state index is 13.2. The van der Waals surface area contributed by atoms with E-state index in [4.69, 9.17) is 32.9 Å². The van der Waals surface area contributed by atoms with Gasteiger partial charge in [-0.1, -0.05) is 29.3 Å². The first-order valence-corrected chi connectivity index (χ1v) is 14.8. The van der Waals surface area contributed by atoms with Crippen LogP contribution in [0.15, 0.2) is 59.8 Å². The van der Waals surface area contributed by atoms with E-state index in [1.807, 2.05) is 41.6 Å². The number of hydrogen-bond acceptors (Lipinski definition) is 5. The zero-order valence-corrected chi connectivity index (χ0v) is 22.7. The molecule has 1 aromatic carbocycles. The van der Waals surface area contributed by atoms with E-state index in [1.54, 1.807) is 31.9 Å². The van der Waals surface area contributed by atoms with Gasteiger partial charge in [-0.25, -0.2) is 4.98 Å². The number of nitrogens with zero attached hydrogens (tertiary/aromatic N) is 4. The Morgan fingerprint density at radius 3 is 2.62 bits per heavy atom. The molecule has 0 spiro atoms. The fraction of sp³-hybridized carbons (Fsp3) is 0.250. The highest BCUT2D eigenvalue weighted by Crippen LogP contribution is 2.35. The Bertz CT molecular complexity index is 1420. The zero-order chi connectivity index (χ0) is 23.8. The summed E-state index contributed by atoms with van der Waals surface area (Å²) in [5.74, 6) is 0. The van der Waals surface area contributed by atoms with Crippen LogP contribution in [0.3, 0.4) is 0 Å². The van der Waals surface area contributed by atoms with Crippen molar-refractivity contribution in [1.82, 2.24) is 13.5 Å². The van der Waals surface area contributed by atoms with Crippen molar-refractivity contribution in [2.24, 2.45) is 0 Å². The molecule has 1 aliphatic heterocycles. The van der Waals surface area contributed by atoms with Crippen LogP contribution in [0.5, 0.6) is 0 Å². The lowest BCUT2D eigenvalue weighted by atomic mass is 10.1. The van der Waals surface area contributed by atoms with Gasteiger partial charge < -0.3 is 14.2 Å². The van der Waals surface area contributed by atoms with Crippen LogP contribution in [0, 0.1) is 0 Å². The minimum absolute atomic E-state index is 0.0867. The maximum absolute atomic E-state index is 13.2. The third-order valence-corrected chi connectivity index (χ3v) is 8.59. The van der Waals surface area contributed by atoms with E-state index in [2.05, 4.69) is 32.2 Å². The average molecular weight is 627 g/mol. The molecule has 0 aliphatic carbocycles. The minimum atomic E-state index is -0.183. The summed E-state index contributed by atoms with van der Waals surface area (Å²) < 4.78 is 9.22. The van der Waals surface area contributed by atoms with Crippen LogP contribution in [0.2, 0.25) is 10.0 Å². The Labute approximate surface area is 223 Å². The van der Waals surface area contributed by atoms with Gasteiger partial charge in [0.2, 0.25) is 0 Å². The molecule has 0 amide bonds. The summed E-state index contributed by atoms with van der Waals surface area (Å²) in [4.78, 5) is 20.2. The maximum Gasteiger partial charge on any atom is 0.251 e. The standard InChI is InChI=1S/C24H21Cl2IN4O2S/c1-15(16-2-3-21(25)22(26)10-16)30-5-4-17(11-23(30)32)20-14-31(34-27)24-19(20)12-18(13-28-24)29-6-8-33-9-7-29/h2-5,10-15H,6-9H2,1H3. The van der Waals surface area contributed by atoms with Crippen LogP contribution in [-0.4, -0.2) is 39.8 Å². The van der Waals surface area contributed by atoms with Gasteiger partial charge in [-0.2, -0.15) is 0 Å². The lowest BCUT2D eigenvalue weighted by Crippen LogP contribution is -2.36. The first kappa shape index (κ1) is 24.0. The van der Waals surface area contributed by atoms with Crippen LogP contribution < -0.4 is 10.5 Å². The number of hydrogen-bond donors (Lipinski definition) is 0. The van der Waals surface area contributed by atoms with E-state index >= 15 is 0 Å². The molecule has 10 heteroatoms. The molecule has 1 unspecified atom stereocenters. The van der Waals surface area contributed by atoms with E-state index < -0.39 is 0 Å². The quantitative estimate of drug-likeness (QED) is 0.238. The number of anilines is 1. The fourth-order valence-electron chi connectivity index (χ4n) is 4.26. The molecule has 0 N–H and O–H groups in total. The number of ether oxygens (including phenoxy) is 1. The van der Waals surface area contributed by atoms with Crippen molar-refractivity contribution in [3.05, 3.63) is 81.0 Å². The third-order valence-electron chi connectivity index (χ3n) is 6.15. The number of fused-ring (bicyclic) bond motifs is 1. The predicted octanol–water partition coefficient (Wildman–Crippen LogP) is 6.46. The summed E-state index contributed by atoms with van der Waals surface area (Å²) in [6.07, 6.45) is 5.79. The van der Waals surface area contributed by atoms with Crippen molar-refractivity contribution in [2.75, 3.05) is 31.2 Å². The van der Waals surface area contributed by atoms with Gasteiger partial charge in [-0.15, -0.1) is 0 Å². The summed E-state index contributed by atoms with van der Waals surface area (Å²) in [6, 6.07) is 11.1. The molecule has 4 heterocycles. The number of halogens is 3. The largest absolute Gasteiger partial charge is 0.378 e. The number of pyridine rings is 2. The van der Waals surface area contributed by atoms with Crippen LogP contribution >= 0.6 is 53.5 Å². The topological polar surface area (TPSA) is 52.3 Å². The van der Waals surface area contributed by atoms with Gasteiger partial charge in [-0.3, -0.25) is 8.77 Å². The van der Waals surface area contributed by atoms with Gasteiger partial charge in [0.1, 0.15) is 0 Å². The lowest BCUT2D eigenvalue weighted by molar-refractivity contribution is 0.122. The third kappa shape index (κ3) is 4.58. The van der Waals surface area contributed by atoms with E-state index in [9.17, 15) is 4.79 Å². The highest BCUT2D eigenvalue weighted by molar-refractivity contribution is 14.2. The number of aromatic nitrogens is 3. The average Bonchev–Trinajstić information content (AvgIpc) is 3.24. The monoisotopic (exact) mass is 626 g/mol. The number of morpholine rings is 1. The highest BCUT2D eigenvalue weighted by atomic mass is 127. The Balaban J connectivity index is 1.54. The normalized spacial score (nSPS) is 15.1. The van der Waals surface area contributed by atoms with Crippen molar-refractivity contribution in [3.63, 3.8) is 0 Å². The Morgan fingerprint density at radius 2 is 1.91 bits per heavy atom. The molecule has 176 valence electrons. The van der Waals surface area contributed by atoms with Crippen molar-refractivity contribution in [2.45, 2.75) is 13.0 Å². The summed E-state index contributed by atoms with van der Waals surface area (Å²) >= 11 is 14.5. The Hall–Kier alpha value is -1.72. The van der Waals surface area contributed by atoms with Crippen LogP contribution in [0.4, 0.5) is 5.69 Å². The second-order valence-corrected chi connectivity index (χ2v) is 10.6. The SMILES string of the molecule is CC(c1ccc(Cl)c(Cl)c1)n1ccc(-c2cn(SI)c3ncc(N4CCOCC4)cc23)cc1=O. The van der Waals surface area contributed by atoms with Gasteiger partial charge in [0.25, 0.3) is 5.56 Å².